The van der Waals surface area contributed by atoms with E-state index in [1.807, 2.05) is 42.5 Å². The molecule has 0 atom stereocenters. The highest BCUT2D eigenvalue weighted by Gasteiger charge is 2.16. The molecule has 6 heteroatoms. The molecular weight excluding hydrogens is 308 g/mol. The first-order valence-electron chi connectivity index (χ1n) is 7.24. The van der Waals surface area contributed by atoms with Crippen molar-refractivity contribution < 1.29 is 14.5 Å². The summed E-state index contributed by atoms with van der Waals surface area (Å²) in [6.07, 6.45) is -0.569. The average molecular weight is 322 g/mol. The number of carbonyl (C=O) groups excluding carboxylic acids is 1. The monoisotopic (exact) mass is 322 g/mol. The van der Waals surface area contributed by atoms with E-state index in [2.05, 4.69) is 0 Å². The number of nitro benzene ring substituents is 1. The quantitative estimate of drug-likeness (QED) is 0.530. The Morgan fingerprint density at radius 3 is 2.38 bits per heavy atom. The second kappa shape index (κ2) is 6.37. The largest absolute Gasteiger partial charge is 0.419 e. The van der Waals surface area contributed by atoms with E-state index in [1.165, 1.54) is 29.2 Å². The van der Waals surface area contributed by atoms with Crippen LogP contribution in [0.3, 0.4) is 0 Å². The lowest BCUT2D eigenvalue weighted by atomic mass is 10.1. The summed E-state index contributed by atoms with van der Waals surface area (Å²) in [5.74, 6) is 0.248. The van der Waals surface area contributed by atoms with E-state index in [-0.39, 0.29) is 11.4 Å². The SMILES string of the molecule is CN(C(=O)Oc1ccc([N+](=O)[O-])cc1)c1cccc2ccccc12. The number of ether oxygens (including phenoxy) is 1. The molecule has 0 fully saturated rings. The summed E-state index contributed by atoms with van der Waals surface area (Å²) >= 11 is 0. The van der Waals surface area contributed by atoms with Crippen LogP contribution in [0.5, 0.6) is 5.75 Å². The standard InChI is InChI=1S/C18H14N2O4/c1-19(17-8-4-6-13-5-2-3-7-16(13)17)18(21)24-15-11-9-14(10-12-15)20(22)23/h2-12H,1H3. The number of fused-ring (bicyclic) bond motifs is 1. The molecule has 0 spiro atoms. The van der Waals surface area contributed by atoms with Crippen LogP contribution in [0.4, 0.5) is 16.2 Å². The van der Waals surface area contributed by atoms with Gasteiger partial charge in [0.05, 0.1) is 10.6 Å². The number of anilines is 1. The van der Waals surface area contributed by atoms with E-state index in [4.69, 9.17) is 4.74 Å². The van der Waals surface area contributed by atoms with Crippen molar-refractivity contribution in [3.05, 3.63) is 76.8 Å². The topological polar surface area (TPSA) is 72.7 Å². The van der Waals surface area contributed by atoms with Gasteiger partial charge in [0, 0.05) is 24.6 Å². The molecule has 0 bridgehead atoms. The molecule has 0 radical (unpaired) electrons. The number of hydrogen-bond acceptors (Lipinski definition) is 4. The summed E-state index contributed by atoms with van der Waals surface area (Å²) in [5.41, 5.74) is 0.664. The van der Waals surface area contributed by atoms with Crippen molar-refractivity contribution in [3.8, 4) is 5.75 Å². The van der Waals surface area contributed by atoms with Gasteiger partial charge in [-0.1, -0.05) is 36.4 Å². The fourth-order valence-electron chi connectivity index (χ4n) is 2.40. The van der Waals surface area contributed by atoms with Crippen LogP contribution >= 0.6 is 0 Å². The summed E-state index contributed by atoms with van der Waals surface area (Å²) < 4.78 is 5.28. The van der Waals surface area contributed by atoms with Gasteiger partial charge in [0.15, 0.2) is 0 Å². The molecule has 6 nitrogen and oxygen atoms in total. The number of carbonyl (C=O) groups is 1. The van der Waals surface area contributed by atoms with Crippen molar-refractivity contribution in [2.75, 3.05) is 11.9 Å². The number of nitrogens with zero attached hydrogens (tertiary/aromatic N) is 2. The maximum Gasteiger partial charge on any atom is 0.419 e. The van der Waals surface area contributed by atoms with Gasteiger partial charge in [0.2, 0.25) is 0 Å². The van der Waals surface area contributed by atoms with Gasteiger partial charge in [-0.3, -0.25) is 15.0 Å². The highest BCUT2D eigenvalue weighted by atomic mass is 16.6. The van der Waals surface area contributed by atoms with E-state index < -0.39 is 11.0 Å². The van der Waals surface area contributed by atoms with E-state index in [0.717, 1.165) is 16.5 Å². The van der Waals surface area contributed by atoms with E-state index in [0.29, 0.717) is 0 Å². The van der Waals surface area contributed by atoms with Crippen molar-refractivity contribution in [1.82, 2.24) is 0 Å². The molecule has 120 valence electrons. The van der Waals surface area contributed by atoms with Gasteiger partial charge < -0.3 is 4.74 Å². The predicted molar refractivity (Wildman–Crippen MR) is 91.5 cm³/mol. The first kappa shape index (κ1) is 15.5. The zero-order valence-corrected chi connectivity index (χ0v) is 12.9. The Kier molecular flexibility index (Phi) is 4.11. The first-order chi connectivity index (χ1) is 11.6. The zero-order chi connectivity index (χ0) is 17.1. The molecule has 0 unspecified atom stereocenters. The third-order valence-corrected chi connectivity index (χ3v) is 3.65. The Bertz CT molecular complexity index is 901. The Morgan fingerprint density at radius 1 is 1.00 bits per heavy atom. The van der Waals surface area contributed by atoms with E-state index in [1.54, 1.807) is 7.05 Å². The summed E-state index contributed by atoms with van der Waals surface area (Å²) in [7, 11) is 1.62. The summed E-state index contributed by atoms with van der Waals surface area (Å²) in [4.78, 5) is 23.9. The molecule has 0 aromatic heterocycles. The molecule has 0 aliphatic heterocycles. The molecule has 24 heavy (non-hydrogen) atoms. The van der Waals surface area contributed by atoms with Crippen molar-refractivity contribution in [2.24, 2.45) is 0 Å². The number of amides is 1. The molecule has 3 rings (SSSR count). The Labute approximate surface area is 138 Å². The lowest BCUT2D eigenvalue weighted by Gasteiger charge is -2.18. The van der Waals surface area contributed by atoms with Crippen LogP contribution in [-0.4, -0.2) is 18.1 Å². The number of benzene rings is 3. The van der Waals surface area contributed by atoms with Gasteiger partial charge >= 0.3 is 6.09 Å². The molecule has 0 aliphatic carbocycles. The number of hydrogen-bond donors (Lipinski definition) is 0. The maximum absolute atomic E-state index is 12.3. The minimum Gasteiger partial charge on any atom is -0.410 e. The molecule has 0 saturated heterocycles. The summed E-state index contributed by atoms with van der Waals surface area (Å²) in [5, 5.41) is 12.6. The third-order valence-electron chi connectivity index (χ3n) is 3.65. The van der Waals surface area contributed by atoms with Gasteiger partial charge in [-0.05, 0) is 23.6 Å². The number of nitro groups is 1. The van der Waals surface area contributed by atoms with E-state index in [9.17, 15) is 14.9 Å². The van der Waals surface area contributed by atoms with Crippen LogP contribution in [-0.2, 0) is 0 Å². The fourth-order valence-corrected chi connectivity index (χ4v) is 2.40. The summed E-state index contributed by atoms with van der Waals surface area (Å²) in [6.45, 7) is 0. The van der Waals surface area contributed by atoms with Crippen molar-refractivity contribution in [1.29, 1.82) is 0 Å². The Balaban J connectivity index is 1.82. The van der Waals surface area contributed by atoms with Crippen LogP contribution in [0.1, 0.15) is 0 Å². The molecule has 3 aromatic carbocycles. The molecule has 0 saturated carbocycles. The zero-order valence-electron chi connectivity index (χ0n) is 12.9. The molecule has 0 N–H and O–H groups in total. The van der Waals surface area contributed by atoms with Crippen molar-refractivity contribution in [2.45, 2.75) is 0 Å². The normalized spacial score (nSPS) is 10.4. The molecule has 0 heterocycles. The van der Waals surface area contributed by atoms with E-state index >= 15 is 0 Å². The van der Waals surface area contributed by atoms with Crippen molar-refractivity contribution >= 4 is 28.2 Å². The van der Waals surface area contributed by atoms with Gasteiger partial charge in [0.25, 0.3) is 5.69 Å². The maximum atomic E-state index is 12.3. The van der Waals surface area contributed by atoms with Crippen LogP contribution < -0.4 is 9.64 Å². The number of non-ortho nitro benzene ring substituents is 1. The summed E-state index contributed by atoms with van der Waals surface area (Å²) in [6, 6.07) is 18.8. The Hall–Kier alpha value is -3.41. The second-order valence-corrected chi connectivity index (χ2v) is 5.18. The van der Waals surface area contributed by atoms with Crippen LogP contribution in [0, 0.1) is 10.1 Å². The lowest BCUT2D eigenvalue weighted by Crippen LogP contribution is -2.29. The molecule has 3 aromatic rings. The third kappa shape index (κ3) is 3.03. The second-order valence-electron chi connectivity index (χ2n) is 5.18. The fraction of sp³-hybridized carbons (Fsp3) is 0.0556. The minimum atomic E-state index is -0.569. The Morgan fingerprint density at radius 2 is 1.67 bits per heavy atom. The predicted octanol–water partition coefficient (Wildman–Crippen LogP) is 4.38. The van der Waals surface area contributed by atoms with Crippen molar-refractivity contribution in [3.63, 3.8) is 0 Å². The van der Waals surface area contributed by atoms with Crippen LogP contribution in [0.15, 0.2) is 66.7 Å². The van der Waals surface area contributed by atoms with Gasteiger partial charge in [-0.2, -0.15) is 0 Å². The highest BCUT2D eigenvalue weighted by Crippen LogP contribution is 2.27. The highest BCUT2D eigenvalue weighted by molar-refractivity contribution is 6.01. The minimum absolute atomic E-state index is 0.0581. The molecule has 0 aliphatic rings. The molecular formula is C18H14N2O4. The van der Waals surface area contributed by atoms with Crippen LogP contribution in [0.25, 0.3) is 10.8 Å². The van der Waals surface area contributed by atoms with Gasteiger partial charge in [-0.15, -0.1) is 0 Å². The average Bonchev–Trinajstić information content (AvgIpc) is 2.61. The lowest BCUT2D eigenvalue weighted by molar-refractivity contribution is -0.384. The first-order valence-corrected chi connectivity index (χ1v) is 7.24. The number of rotatable bonds is 3. The molecule has 1 amide bonds. The smallest absolute Gasteiger partial charge is 0.410 e. The van der Waals surface area contributed by atoms with Gasteiger partial charge in [0.1, 0.15) is 5.75 Å². The van der Waals surface area contributed by atoms with Gasteiger partial charge in [-0.25, -0.2) is 4.79 Å². The van der Waals surface area contributed by atoms with Crippen LogP contribution in [0.2, 0.25) is 0 Å².